The van der Waals surface area contributed by atoms with Crippen LogP contribution in [0.5, 0.6) is 0 Å². The van der Waals surface area contributed by atoms with E-state index in [9.17, 15) is 9.59 Å². The van der Waals surface area contributed by atoms with E-state index >= 15 is 0 Å². The first kappa shape index (κ1) is 9.34. The van der Waals surface area contributed by atoms with Gasteiger partial charge in [0.05, 0.1) is 0 Å². The molecule has 2 nitrogen and oxygen atoms in total. The van der Waals surface area contributed by atoms with E-state index in [-0.39, 0.29) is 5.92 Å². The topological polar surface area (TPSA) is 34.1 Å². The fourth-order valence-corrected chi connectivity index (χ4v) is 0.832. The highest BCUT2D eigenvalue weighted by atomic mass is 16.1. The zero-order valence-corrected chi connectivity index (χ0v) is 6.38. The summed E-state index contributed by atoms with van der Waals surface area (Å²) >= 11 is 0. The van der Waals surface area contributed by atoms with Crippen LogP contribution in [0.3, 0.4) is 0 Å². The molecule has 0 spiro atoms. The van der Waals surface area contributed by atoms with Crippen LogP contribution >= 0.6 is 0 Å². The second-order valence-corrected chi connectivity index (χ2v) is 2.40. The molecule has 0 amide bonds. The van der Waals surface area contributed by atoms with Crippen LogP contribution in [0.25, 0.3) is 0 Å². The predicted molar refractivity (Wildman–Crippen MR) is 39.8 cm³/mol. The Labute approximate surface area is 61.6 Å². The minimum Gasteiger partial charge on any atom is -0.303 e. The highest BCUT2D eigenvalue weighted by molar-refractivity contribution is 5.53. The SMILES string of the molecule is CCC(C=O)CCCC=O. The lowest BCUT2D eigenvalue weighted by Gasteiger charge is -2.02. The van der Waals surface area contributed by atoms with E-state index in [0.717, 1.165) is 31.8 Å². The molecule has 0 aliphatic heterocycles. The zero-order valence-electron chi connectivity index (χ0n) is 6.38. The third kappa shape index (κ3) is 4.24. The molecule has 58 valence electrons. The van der Waals surface area contributed by atoms with Crippen molar-refractivity contribution in [1.29, 1.82) is 0 Å². The van der Waals surface area contributed by atoms with Crippen LogP contribution in [0.2, 0.25) is 0 Å². The van der Waals surface area contributed by atoms with E-state index in [4.69, 9.17) is 0 Å². The smallest absolute Gasteiger partial charge is 0.123 e. The molecular formula is C8H14O2. The number of carbonyl (C=O) groups is 2. The van der Waals surface area contributed by atoms with Crippen LogP contribution < -0.4 is 0 Å². The molecule has 0 aromatic carbocycles. The van der Waals surface area contributed by atoms with Gasteiger partial charge in [-0.2, -0.15) is 0 Å². The first-order chi connectivity index (χ1) is 4.85. The second kappa shape index (κ2) is 6.46. The Kier molecular flexibility index (Phi) is 6.03. The molecule has 2 heteroatoms. The lowest BCUT2D eigenvalue weighted by atomic mass is 10.0. The van der Waals surface area contributed by atoms with E-state index in [1.807, 2.05) is 6.92 Å². The maximum absolute atomic E-state index is 10.2. The highest BCUT2D eigenvalue weighted by Gasteiger charge is 2.01. The summed E-state index contributed by atoms with van der Waals surface area (Å²) in [5, 5.41) is 0. The van der Waals surface area contributed by atoms with Gasteiger partial charge in [0, 0.05) is 12.3 Å². The lowest BCUT2D eigenvalue weighted by molar-refractivity contribution is -0.112. The number of rotatable bonds is 6. The monoisotopic (exact) mass is 142 g/mol. The number of unbranched alkanes of at least 4 members (excludes halogenated alkanes) is 1. The van der Waals surface area contributed by atoms with Gasteiger partial charge in [-0.15, -0.1) is 0 Å². The minimum atomic E-state index is 0.167. The van der Waals surface area contributed by atoms with Gasteiger partial charge in [-0.25, -0.2) is 0 Å². The normalized spacial score (nSPS) is 12.5. The average Bonchev–Trinajstić information content (AvgIpc) is 1.99. The van der Waals surface area contributed by atoms with Gasteiger partial charge in [-0.05, 0) is 19.3 Å². The van der Waals surface area contributed by atoms with Crippen molar-refractivity contribution < 1.29 is 9.59 Å². The van der Waals surface area contributed by atoms with Crippen molar-refractivity contribution in [3.63, 3.8) is 0 Å². The summed E-state index contributed by atoms with van der Waals surface area (Å²) in [6, 6.07) is 0. The standard InChI is InChI=1S/C8H14O2/c1-2-8(7-10)5-3-4-6-9/h6-8H,2-5H2,1H3. The molecule has 0 aromatic rings. The second-order valence-electron chi connectivity index (χ2n) is 2.40. The van der Waals surface area contributed by atoms with Crippen LogP contribution in [-0.2, 0) is 9.59 Å². The molecule has 0 heterocycles. The highest BCUT2D eigenvalue weighted by Crippen LogP contribution is 2.08. The summed E-state index contributed by atoms with van der Waals surface area (Å²) in [6.45, 7) is 1.99. The maximum Gasteiger partial charge on any atom is 0.123 e. The Morgan fingerprint density at radius 2 is 2.10 bits per heavy atom. The molecule has 1 unspecified atom stereocenters. The maximum atomic E-state index is 10.2. The average molecular weight is 142 g/mol. The van der Waals surface area contributed by atoms with Crippen molar-refractivity contribution in [2.45, 2.75) is 32.6 Å². The number of carbonyl (C=O) groups excluding carboxylic acids is 2. The lowest BCUT2D eigenvalue weighted by Crippen LogP contribution is -1.99. The molecule has 1 atom stereocenters. The molecule has 0 bridgehead atoms. The molecule has 0 fully saturated rings. The van der Waals surface area contributed by atoms with Gasteiger partial charge in [0.15, 0.2) is 0 Å². The molecule has 0 radical (unpaired) electrons. The fourth-order valence-electron chi connectivity index (χ4n) is 0.832. The van der Waals surface area contributed by atoms with Crippen LogP contribution in [0.15, 0.2) is 0 Å². The molecular weight excluding hydrogens is 128 g/mol. The molecule has 10 heavy (non-hydrogen) atoms. The van der Waals surface area contributed by atoms with Crippen LogP contribution in [-0.4, -0.2) is 12.6 Å². The first-order valence-electron chi connectivity index (χ1n) is 3.74. The molecule has 0 aliphatic carbocycles. The Hall–Kier alpha value is -0.660. The molecule has 0 rings (SSSR count). The minimum absolute atomic E-state index is 0.167. The van der Waals surface area contributed by atoms with E-state index in [0.29, 0.717) is 6.42 Å². The van der Waals surface area contributed by atoms with Crippen molar-refractivity contribution in [3.8, 4) is 0 Å². The third-order valence-electron chi connectivity index (χ3n) is 1.61. The number of aldehydes is 2. The number of hydrogen-bond donors (Lipinski definition) is 0. The molecule has 0 aromatic heterocycles. The Bertz CT molecular complexity index is 99.4. The summed E-state index contributed by atoms with van der Waals surface area (Å²) < 4.78 is 0. The van der Waals surface area contributed by atoms with Crippen molar-refractivity contribution in [2.24, 2.45) is 5.92 Å². The van der Waals surface area contributed by atoms with Crippen molar-refractivity contribution in [2.75, 3.05) is 0 Å². The van der Waals surface area contributed by atoms with Gasteiger partial charge in [0.2, 0.25) is 0 Å². The van der Waals surface area contributed by atoms with Crippen LogP contribution in [0.4, 0.5) is 0 Å². The van der Waals surface area contributed by atoms with Crippen LogP contribution in [0.1, 0.15) is 32.6 Å². The van der Waals surface area contributed by atoms with Crippen molar-refractivity contribution in [3.05, 3.63) is 0 Å². The Morgan fingerprint density at radius 1 is 1.40 bits per heavy atom. The largest absolute Gasteiger partial charge is 0.303 e. The Morgan fingerprint density at radius 3 is 2.50 bits per heavy atom. The van der Waals surface area contributed by atoms with Gasteiger partial charge in [0.1, 0.15) is 12.6 Å². The summed E-state index contributed by atoms with van der Waals surface area (Å²) in [5.41, 5.74) is 0. The molecule has 0 N–H and O–H groups in total. The fraction of sp³-hybridized carbons (Fsp3) is 0.750. The Balaban J connectivity index is 3.25. The van der Waals surface area contributed by atoms with E-state index in [1.165, 1.54) is 0 Å². The summed E-state index contributed by atoms with van der Waals surface area (Å²) in [4.78, 5) is 20.1. The summed E-state index contributed by atoms with van der Waals surface area (Å²) in [7, 11) is 0. The van der Waals surface area contributed by atoms with Gasteiger partial charge in [-0.3, -0.25) is 0 Å². The van der Waals surface area contributed by atoms with Gasteiger partial charge < -0.3 is 9.59 Å². The zero-order chi connectivity index (χ0) is 7.82. The third-order valence-corrected chi connectivity index (χ3v) is 1.61. The van der Waals surface area contributed by atoms with Gasteiger partial charge >= 0.3 is 0 Å². The first-order valence-corrected chi connectivity index (χ1v) is 3.74. The van der Waals surface area contributed by atoms with E-state index < -0.39 is 0 Å². The van der Waals surface area contributed by atoms with Crippen molar-refractivity contribution >= 4 is 12.6 Å². The van der Waals surface area contributed by atoms with Crippen molar-refractivity contribution in [1.82, 2.24) is 0 Å². The molecule has 0 saturated heterocycles. The summed E-state index contributed by atoms with van der Waals surface area (Å²) in [5.74, 6) is 0.167. The van der Waals surface area contributed by atoms with Gasteiger partial charge in [-0.1, -0.05) is 6.92 Å². The van der Waals surface area contributed by atoms with Crippen LogP contribution in [0, 0.1) is 5.92 Å². The number of hydrogen-bond acceptors (Lipinski definition) is 2. The van der Waals surface area contributed by atoms with Gasteiger partial charge in [0.25, 0.3) is 0 Å². The predicted octanol–water partition coefficient (Wildman–Crippen LogP) is 1.58. The molecule has 0 aliphatic rings. The molecule has 0 saturated carbocycles. The van der Waals surface area contributed by atoms with E-state index in [2.05, 4.69) is 0 Å². The van der Waals surface area contributed by atoms with E-state index in [1.54, 1.807) is 0 Å². The quantitative estimate of drug-likeness (QED) is 0.417. The summed E-state index contributed by atoms with van der Waals surface area (Å²) in [6.07, 6.45) is 5.06.